The van der Waals surface area contributed by atoms with Crippen molar-refractivity contribution in [1.82, 2.24) is 0 Å². The molecule has 13 rings (SSSR count). The lowest BCUT2D eigenvalue weighted by Gasteiger charge is -2.32. The van der Waals surface area contributed by atoms with Crippen LogP contribution in [0.5, 0.6) is 0 Å². The molecule has 11 aromatic rings. The van der Waals surface area contributed by atoms with Crippen LogP contribution in [0.25, 0.3) is 66.1 Å². The number of hydrogen-bond donors (Lipinski definition) is 0. The van der Waals surface area contributed by atoms with Gasteiger partial charge in [0.1, 0.15) is 11.2 Å². The summed E-state index contributed by atoms with van der Waals surface area (Å²) in [6.45, 7) is 18.6. The van der Waals surface area contributed by atoms with Crippen LogP contribution in [0.4, 0.5) is 34.1 Å². The van der Waals surface area contributed by atoms with E-state index in [9.17, 15) is 0 Å². The molecule has 2 aromatic heterocycles. The maximum absolute atomic E-state index is 7.13. The molecule has 68 heavy (non-hydrogen) atoms. The quantitative estimate of drug-likeness (QED) is 0.167. The van der Waals surface area contributed by atoms with Gasteiger partial charge < -0.3 is 18.6 Å². The standard InChI is InChI=1S/C64H52N2O2/c1-37-21-9-15-27-47(37)65(48-28-16-10-22-38(48)2)51-35-45-55(57-41-25-13-19-31-53(41)67-61(51)57)43-33-34-44-56-46(64(7,8)60(44)59(43)63(45,5)6)36-52(62-58(56)42-26-14-20-32-54(42)68-62)66(49-29-17-11-23-39(49)3)50-30-18-12-24-40(50)4/h9-36H,1-8H3. The highest BCUT2D eigenvalue weighted by Gasteiger charge is 2.48. The molecule has 9 aromatic carbocycles. The van der Waals surface area contributed by atoms with Crippen LogP contribution in [0.1, 0.15) is 72.2 Å². The molecule has 0 saturated carbocycles. The number of benzene rings is 9. The van der Waals surface area contributed by atoms with Crippen LogP contribution in [0.15, 0.2) is 179 Å². The van der Waals surface area contributed by atoms with Crippen LogP contribution in [0.3, 0.4) is 0 Å². The van der Waals surface area contributed by atoms with Gasteiger partial charge in [-0.25, -0.2) is 0 Å². The van der Waals surface area contributed by atoms with Gasteiger partial charge in [0.25, 0.3) is 0 Å². The average molecular weight is 881 g/mol. The van der Waals surface area contributed by atoms with E-state index in [0.717, 1.165) is 78.0 Å². The summed E-state index contributed by atoms with van der Waals surface area (Å²) in [5.41, 5.74) is 24.6. The number of hydrogen-bond acceptors (Lipinski definition) is 4. The van der Waals surface area contributed by atoms with E-state index in [0.29, 0.717) is 0 Å². The molecule has 0 aliphatic heterocycles. The largest absolute Gasteiger partial charge is 0.454 e. The van der Waals surface area contributed by atoms with E-state index in [1.807, 2.05) is 0 Å². The fourth-order valence-electron chi connectivity index (χ4n) is 12.3. The van der Waals surface area contributed by atoms with Crippen LogP contribution in [0.2, 0.25) is 0 Å². The van der Waals surface area contributed by atoms with Crippen molar-refractivity contribution in [1.29, 1.82) is 0 Å². The van der Waals surface area contributed by atoms with Gasteiger partial charge in [-0.2, -0.15) is 0 Å². The van der Waals surface area contributed by atoms with Gasteiger partial charge in [-0.3, -0.25) is 0 Å². The highest BCUT2D eigenvalue weighted by Crippen LogP contribution is 2.64. The van der Waals surface area contributed by atoms with Gasteiger partial charge in [0.2, 0.25) is 0 Å². The Hall–Kier alpha value is -7.82. The zero-order chi connectivity index (χ0) is 46.4. The summed E-state index contributed by atoms with van der Waals surface area (Å²) in [7, 11) is 0. The van der Waals surface area contributed by atoms with E-state index in [-0.39, 0.29) is 0 Å². The van der Waals surface area contributed by atoms with Gasteiger partial charge in [-0.05, 0) is 143 Å². The maximum atomic E-state index is 7.13. The van der Waals surface area contributed by atoms with Crippen molar-refractivity contribution in [3.8, 4) is 22.3 Å². The number of furan rings is 2. The second kappa shape index (κ2) is 14.3. The lowest BCUT2D eigenvalue weighted by molar-refractivity contribution is 0.601. The van der Waals surface area contributed by atoms with Crippen molar-refractivity contribution >= 4 is 78.0 Å². The smallest absolute Gasteiger partial charge is 0.160 e. The van der Waals surface area contributed by atoms with Gasteiger partial charge in [0.05, 0.1) is 11.4 Å². The Bertz CT molecular complexity index is 3590. The molecule has 0 unspecified atom stereocenters. The predicted octanol–water partition coefficient (Wildman–Crippen LogP) is 18.3. The van der Waals surface area contributed by atoms with Crippen LogP contribution < -0.4 is 9.80 Å². The van der Waals surface area contributed by atoms with E-state index < -0.39 is 10.8 Å². The minimum absolute atomic E-state index is 0.394. The second-order valence-corrected chi connectivity index (χ2v) is 20.2. The molecule has 0 saturated heterocycles. The first-order valence-corrected chi connectivity index (χ1v) is 23.9. The molecule has 2 aliphatic rings. The normalized spacial score (nSPS) is 14.1. The summed E-state index contributed by atoms with van der Waals surface area (Å²) in [6.07, 6.45) is 0. The molecule has 2 aliphatic carbocycles. The summed E-state index contributed by atoms with van der Waals surface area (Å²) in [5, 5.41) is 4.59. The van der Waals surface area contributed by atoms with Gasteiger partial charge in [0.15, 0.2) is 11.2 Å². The molecule has 2 heterocycles. The Balaban J connectivity index is 1.11. The van der Waals surface area contributed by atoms with Crippen LogP contribution >= 0.6 is 0 Å². The average Bonchev–Trinajstić information content (AvgIpc) is 4.04. The Morgan fingerprint density at radius 3 is 1.00 bits per heavy atom. The lowest BCUT2D eigenvalue weighted by atomic mass is 9.72. The Kier molecular flexibility index (Phi) is 8.53. The Labute approximate surface area is 397 Å². The van der Waals surface area contributed by atoms with Crippen molar-refractivity contribution < 1.29 is 8.83 Å². The second-order valence-electron chi connectivity index (χ2n) is 20.2. The van der Waals surface area contributed by atoms with Crippen LogP contribution in [-0.2, 0) is 10.8 Å². The molecule has 330 valence electrons. The van der Waals surface area contributed by atoms with Crippen molar-refractivity contribution in [2.24, 2.45) is 0 Å². The third-order valence-electron chi connectivity index (χ3n) is 15.5. The molecule has 0 bridgehead atoms. The van der Waals surface area contributed by atoms with E-state index in [1.165, 1.54) is 66.8 Å². The van der Waals surface area contributed by atoms with E-state index in [4.69, 9.17) is 8.83 Å². The van der Waals surface area contributed by atoms with Crippen LogP contribution in [0, 0.1) is 27.7 Å². The summed E-state index contributed by atoms with van der Waals surface area (Å²) in [6, 6.07) is 61.8. The molecule has 0 N–H and O–H groups in total. The molecule has 4 nitrogen and oxygen atoms in total. The molecular weight excluding hydrogens is 829 g/mol. The van der Waals surface area contributed by atoms with E-state index in [2.05, 4.69) is 235 Å². The number of rotatable bonds is 6. The molecule has 0 fully saturated rings. The first-order valence-electron chi connectivity index (χ1n) is 23.9. The number of fused-ring (bicyclic) bond motifs is 15. The first-order chi connectivity index (χ1) is 32.9. The lowest BCUT2D eigenvalue weighted by Crippen LogP contribution is -2.24. The van der Waals surface area contributed by atoms with Crippen LogP contribution in [-0.4, -0.2) is 0 Å². The van der Waals surface area contributed by atoms with Gasteiger partial charge >= 0.3 is 0 Å². The summed E-state index contributed by atoms with van der Waals surface area (Å²) in [5.74, 6) is 0. The number of anilines is 6. The predicted molar refractivity (Wildman–Crippen MR) is 284 cm³/mol. The minimum atomic E-state index is -0.394. The number of nitrogens with zero attached hydrogens (tertiary/aromatic N) is 2. The monoisotopic (exact) mass is 880 g/mol. The highest BCUT2D eigenvalue weighted by atomic mass is 16.3. The van der Waals surface area contributed by atoms with Crippen molar-refractivity contribution in [3.63, 3.8) is 0 Å². The van der Waals surface area contributed by atoms with Gasteiger partial charge in [-0.1, -0.05) is 149 Å². The van der Waals surface area contributed by atoms with E-state index in [1.54, 1.807) is 0 Å². The Morgan fingerprint density at radius 2 is 0.662 bits per heavy atom. The van der Waals surface area contributed by atoms with Crippen molar-refractivity contribution in [2.75, 3.05) is 9.80 Å². The maximum Gasteiger partial charge on any atom is 0.160 e. The third kappa shape index (κ3) is 5.43. The SMILES string of the molecule is Cc1ccccc1N(c1ccccc1C)c1cc2c(c3c1oc1ccccc13)-c1ccc3c(c1C2(C)C)C(C)(C)c1cc(N(c2ccccc2C)c2ccccc2C)c2oc4ccccc4c2c1-3. The summed E-state index contributed by atoms with van der Waals surface area (Å²) in [4.78, 5) is 4.88. The fourth-order valence-corrected chi connectivity index (χ4v) is 12.3. The molecule has 0 spiro atoms. The van der Waals surface area contributed by atoms with Gasteiger partial charge in [0, 0.05) is 55.1 Å². The minimum Gasteiger partial charge on any atom is -0.454 e. The third-order valence-corrected chi connectivity index (χ3v) is 15.5. The topological polar surface area (TPSA) is 32.8 Å². The molecule has 0 radical (unpaired) electrons. The summed E-state index contributed by atoms with van der Waals surface area (Å²) >= 11 is 0. The highest BCUT2D eigenvalue weighted by molar-refractivity contribution is 6.22. The van der Waals surface area contributed by atoms with Crippen molar-refractivity contribution in [3.05, 3.63) is 214 Å². The molecule has 0 amide bonds. The summed E-state index contributed by atoms with van der Waals surface area (Å²) < 4.78 is 14.3. The zero-order valence-electron chi connectivity index (χ0n) is 39.9. The number of aryl methyl sites for hydroxylation is 4. The van der Waals surface area contributed by atoms with E-state index >= 15 is 0 Å². The van der Waals surface area contributed by atoms with Gasteiger partial charge in [-0.15, -0.1) is 0 Å². The number of para-hydroxylation sites is 6. The molecular formula is C64H52N2O2. The Morgan fingerprint density at radius 1 is 0.353 bits per heavy atom. The molecule has 4 heteroatoms. The fraction of sp³-hybridized carbons (Fsp3) is 0.156. The first kappa shape index (κ1) is 40.5. The zero-order valence-corrected chi connectivity index (χ0v) is 39.9. The van der Waals surface area contributed by atoms with Crippen molar-refractivity contribution in [2.45, 2.75) is 66.2 Å². The molecule has 0 atom stereocenters.